The van der Waals surface area contributed by atoms with Crippen LogP contribution in [0.5, 0.6) is 0 Å². The van der Waals surface area contributed by atoms with Gasteiger partial charge in [-0.25, -0.2) is 0 Å². The molecule has 130 valence electrons. The van der Waals surface area contributed by atoms with Crippen LogP contribution in [0.1, 0.15) is 35.7 Å². The van der Waals surface area contributed by atoms with Crippen molar-refractivity contribution < 1.29 is 9.72 Å². The number of carbonyl (C=O) groups is 1. The minimum absolute atomic E-state index is 0.0746. The molecule has 6 nitrogen and oxygen atoms in total. The van der Waals surface area contributed by atoms with Gasteiger partial charge in [0.1, 0.15) is 0 Å². The summed E-state index contributed by atoms with van der Waals surface area (Å²) >= 11 is 0. The average molecular weight is 339 g/mol. The van der Waals surface area contributed by atoms with Gasteiger partial charge < -0.3 is 10.2 Å². The molecule has 0 aliphatic carbocycles. The van der Waals surface area contributed by atoms with Crippen molar-refractivity contribution in [1.82, 2.24) is 0 Å². The maximum Gasteiger partial charge on any atom is 0.270 e. The van der Waals surface area contributed by atoms with Crippen molar-refractivity contribution in [2.24, 2.45) is 0 Å². The number of non-ortho nitro benzene ring substituents is 1. The van der Waals surface area contributed by atoms with Crippen LogP contribution in [0.2, 0.25) is 0 Å². The first-order chi connectivity index (χ1) is 12.1. The molecule has 0 bridgehead atoms. The summed E-state index contributed by atoms with van der Waals surface area (Å²) in [5.74, 6) is -0.324. The van der Waals surface area contributed by atoms with Gasteiger partial charge in [-0.3, -0.25) is 14.9 Å². The van der Waals surface area contributed by atoms with Crippen molar-refractivity contribution in [1.29, 1.82) is 0 Å². The number of amides is 1. The molecule has 1 amide bonds. The Labute approximate surface area is 146 Å². The number of rotatable bonds is 5. The van der Waals surface area contributed by atoms with E-state index >= 15 is 0 Å². The molecule has 1 fully saturated rings. The Kier molecular flexibility index (Phi) is 4.97. The van der Waals surface area contributed by atoms with Gasteiger partial charge in [0, 0.05) is 30.9 Å². The summed E-state index contributed by atoms with van der Waals surface area (Å²) < 4.78 is 0. The molecule has 1 saturated heterocycles. The van der Waals surface area contributed by atoms with Gasteiger partial charge in [-0.05, 0) is 43.0 Å². The number of nitro benzene ring substituents is 1. The summed E-state index contributed by atoms with van der Waals surface area (Å²) in [6, 6.07) is 12.1. The van der Waals surface area contributed by atoms with Gasteiger partial charge in [-0.2, -0.15) is 0 Å². The van der Waals surface area contributed by atoms with Crippen LogP contribution >= 0.6 is 0 Å². The molecule has 1 aliphatic heterocycles. The van der Waals surface area contributed by atoms with E-state index < -0.39 is 4.92 Å². The van der Waals surface area contributed by atoms with Crippen molar-refractivity contribution >= 4 is 23.0 Å². The van der Waals surface area contributed by atoms with E-state index in [1.165, 1.54) is 17.7 Å². The van der Waals surface area contributed by atoms with E-state index in [0.29, 0.717) is 11.3 Å². The maximum absolute atomic E-state index is 12.8. The van der Waals surface area contributed by atoms with Gasteiger partial charge in [-0.15, -0.1) is 0 Å². The quantitative estimate of drug-likeness (QED) is 0.660. The summed E-state index contributed by atoms with van der Waals surface area (Å²) in [4.78, 5) is 25.5. The predicted molar refractivity (Wildman–Crippen MR) is 98.3 cm³/mol. The zero-order valence-electron chi connectivity index (χ0n) is 14.2. The van der Waals surface area contributed by atoms with Gasteiger partial charge >= 0.3 is 0 Å². The minimum atomic E-state index is -0.472. The smallest absolute Gasteiger partial charge is 0.270 e. The molecule has 2 aromatic carbocycles. The van der Waals surface area contributed by atoms with Crippen LogP contribution in [0.4, 0.5) is 17.1 Å². The van der Waals surface area contributed by atoms with E-state index in [-0.39, 0.29) is 11.6 Å². The van der Waals surface area contributed by atoms with Gasteiger partial charge in [0.15, 0.2) is 0 Å². The molecule has 1 heterocycles. The number of nitrogens with one attached hydrogen (secondary N) is 1. The normalized spacial score (nSPS) is 13.7. The van der Waals surface area contributed by atoms with Crippen LogP contribution in [0.15, 0.2) is 42.5 Å². The number of nitrogens with zero attached hydrogens (tertiary/aromatic N) is 2. The zero-order valence-corrected chi connectivity index (χ0v) is 14.2. The lowest BCUT2D eigenvalue weighted by molar-refractivity contribution is -0.384. The van der Waals surface area contributed by atoms with Crippen LogP contribution < -0.4 is 10.2 Å². The minimum Gasteiger partial charge on any atom is -0.371 e. The van der Waals surface area contributed by atoms with Gasteiger partial charge in [0.2, 0.25) is 0 Å². The molecule has 0 spiro atoms. The summed E-state index contributed by atoms with van der Waals surface area (Å²) in [5, 5.41) is 13.9. The van der Waals surface area contributed by atoms with Gasteiger partial charge in [0.25, 0.3) is 11.6 Å². The van der Waals surface area contributed by atoms with Crippen LogP contribution in [-0.2, 0) is 6.42 Å². The Morgan fingerprint density at radius 3 is 2.44 bits per heavy atom. The van der Waals surface area contributed by atoms with Crippen molar-refractivity contribution in [3.8, 4) is 0 Å². The second kappa shape index (κ2) is 7.34. The fraction of sp³-hybridized carbons (Fsp3) is 0.316. The number of aryl methyl sites for hydroxylation is 1. The third-order valence-corrected chi connectivity index (χ3v) is 4.50. The number of carbonyl (C=O) groups excluding carboxylic acids is 1. The first kappa shape index (κ1) is 17.0. The highest BCUT2D eigenvalue weighted by Crippen LogP contribution is 2.29. The van der Waals surface area contributed by atoms with E-state index in [2.05, 4.69) is 17.1 Å². The van der Waals surface area contributed by atoms with Crippen LogP contribution in [0.3, 0.4) is 0 Å². The number of hydrogen-bond donors (Lipinski definition) is 1. The molecule has 0 saturated carbocycles. The third kappa shape index (κ3) is 3.79. The molecule has 0 radical (unpaired) electrons. The fourth-order valence-electron chi connectivity index (χ4n) is 3.08. The van der Waals surface area contributed by atoms with E-state index in [0.717, 1.165) is 38.0 Å². The zero-order chi connectivity index (χ0) is 17.8. The highest BCUT2D eigenvalue weighted by Gasteiger charge is 2.22. The van der Waals surface area contributed by atoms with Crippen molar-refractivity contribution in [3.05, 3.63) is 63.7 Å². The Morgan fingerprint density at radius 1 is 1.16 bits per heavy atom. The fourth-order valence-corrected chi connectivity index (χ4v) is 3.08. The second-order valence-corrected chi connectivity index (χ2v) is 6.16. The molecule has 0 unspecified atom stereocenters. The average Bonchev–Trinajstić information content (AvgIpc) is 3.16. The van der Waals surface area contributed by atoms with E-state index in [1.54, 1.807) is 6.07 Å². The van der Waals surface area contributed by atoms with E-state index in [9.17, 15) is 14.9 Å². The second-order valence-electron chi connectivity index (χ2n) is 6.16. The molecule has 1 N–H and O–H groups in total. The topological polar surface area (TPSA) is 75.5 Å². The van der Waals surface area contributed by atoms with E-state index in [4.69, 9.17) is 0 Å². The summed E-state index contributed by atoms with van der Waals surface area (Å²) in [6.45, 7) is 3.80. The summed E-state index contributed by atoms with van der Waals surface area (Å²) in [5.41, 5.74) is 2.89. The van der Waals surface area contributed by atoms with Crippen LogP contribution in [-0.4, -0.2) is 23.9 Å². The number of anilines is 2. The van der Waals surface area contributed by atoms with Crippen molar-refractivity contribution in [2.75, 3.05) is 23.3 Å². The lowest BCUT2D eigenvalue weighted by Gasteiger charge is -2.21. The first-order valence-electron chi connectivity index (χ1n) is 8.52. The lowest BCUT2D eigenvalue weighted by Crippen LogP contribution is -2.23. The van der Waals surface area contributed by atoms with E-state index in [1.807, 2.05) is 24.3 Å². The molecule has 2 aromatic rings. The van der Waals surface area contributed by atoms with Crippen molar-refractivity contribution in [2.45, 2.75) is 26.2 Å². The molecule has 0 atom stereocenters. The summed E-state index contributed by atoms with van der Waals surface area (Å²) in [7, 11) is 0. The first-order valence-corrected chi connectivity index (χ1v) is 8.52. The third-order valence-electron chi connectivity index (χ3n) is 4.50. The molecular formula is C19H21N3O3. The Morgan fingerprint density at radius 2 is 1.84 bits per heavy atom. The standard InChI is InChI=1S/C19H21N3O3/c1-2-14-5-7-15(8-6-14)20-19(23)17-13-16(22(24)25)9-10-18(17)21-11-3-4-12-21/h5-10,13H,2-4,11-12H2,1H3,(H,20,23). The monoisotopic (exact) mass is 339 g/mol. The molecule has 0 aromatic heterocycles. The number of nitro groups is 1. The van der Waals surface area contributed by atoms with Gasteiger partial charge in [0.05, 0.1) is 16.2 Å². The van der Waals surface area contributed by atoms with Crippen LogP contribution in [0.25, 0.3) is 0 Å². The number of benzene rings is 2. The Hall–Kier alpha value is -2.89. The Bertz CT molecular complexity index is 781. The predicted octanol–water partition coefficient (Wildman–Crippen LogP) is 4.01. The van der Waals surface area contributed by atoms with Crippen LogP contribution in [0, 0.1) is 10.1 Å². The molecule has 25 heavy (non-hydrogen) atoms. The molecular weight excluding hydrogens is 318 g/mol. The van der Waals surface area contributed by atoms with Gasteiger partial charge in [-0.1, -0.05) is 19.1 Å². The summed E-state index contributed by atoms with van der Waals surface area (Å²) in [6.07, 6.45) is 3.06. The largest absolute Gasteiger partial charge is 0.371 e. The highest BCUT2D eigenvalue weighted by atomic mass is 16.6. The molecule has 1 aliphatic rings. The Balaban J connectivity index is 1.90. The SMILES string of the molecule is CCc1ccc(NC(=O)c2cc([N+](=O)[O-])ccc2N2CCCC2)cc1. The molecule has 3 rings (SSSR count). The molecule has 6 heteroatoms. The van der Waals surface area contributed by atoms with Crippen molar-refractivity contribution in [3.63, 3.8) is 0 Å². The number of hydrogen-bond acceptors (Lipinski definition) is 4. The highest BCUT2D eigenvalue weighted by molar-refractivity contribution is 6.08. The maximum atomic E-state index is 12.8. The lowest BCUT2D eigenvalue weighted by atomic mass is 10.1.